The molecule has 0 aliphatic rings. The van der Waals surface area contributed by atoms with Crippen LogP contribution in [0.15, 0.2) is 33.5 Å². The third kappa shape index (κ3) is 3.27. The number of esters is 1. The topological polar surface area (TPSA) is 69.4 Å². The maximum atomic E-state index is 12.9. The zero-order valence-electron chi connectivity index (χ0n) is 14.7. The van der Waals surface area contributed by atoms with Gasteiger partial charge in [0.05, 0.1) is 28.6 Å². The van der Waals surface area contributed by atoms with E-state index < -0.39 is 5.97 Å². The summed E-state index contributed by atoms with van der Waals surface area (Å²) in [5, 5.41) is 0.802. The quantitative estimate of drug-likeness (QED) is 0.396. The Bertz CT molecular complexity index is 1000. The van der Waals surface area contributed by atoms with Crippen LogP contribution in [0, 0.1) is 6.92 Å². The third-order valence-electron chi connectivity index (χ3n) is 4.28. The summed E-state index contributed by atoms with van der Waals surface area (Å²) < 4.78 is 11.0. The highest BCUT2D eigenvalue weighted by Crippen LogP contribution is 2.21. The fourth-order valence-corrected chi connectivity index (χ4v) is 2.73. The van der Waals surface area contributed by atoms with Crippen molar-refractivity contribution >= 4 is 28.0 Å². The van der Waals surface area contributed by atoms with Gasteiger partial charge in [0.2, 0.25) is 11.1 Å². The molecule has 3 rings (SSSR count). The van der Waals surface area contributed by atoms with Crippen LogP contribution >= 0.6 is 0 Å². The first-order chi connectivity index (χ1) is 12.0. The minimum atomic E-state index is -0.456. The summed E-state index contributed by atoms with van der Waals surface area (Å²) >= 11 is 0. The SMILES string of the molecule is CCCCOC(=O)c1cc2c(=O)c3cc(CC)ccc3oc2nc1C. The van der Waals surface area contributed by atoms with E-state index in [4.69, 9.17) is 9.15 Å². The Morgan fingerprint density at radius 3 is 2.72 bits per heavy atom. The molecule has 0 amide bonds. The maximum absolute atomic E-state index is 12.9. The van der Waals surface area contributed by atoms with E-state index in [1.165, 1.54) is 6.07 Å². The van der Waals surface area contributed by atoms with Gasteiger partial charge in [-0.3, -0.25) is 4.79 Å². The van der Waals surface area contributed by atoms with E-state index in [0.29, 0.717) is 34.2 Å². The molecule has 0 atom stereocenters. The number of carbonyl (C=O) groups is 1. The van der Waals surface area contributed by atoms with Crippen LogP contribution in [-0.4, -0.2) is 17.6 Å². The molecule has 2 heterocycles. The fourth-order valence-electron chi connectivity index (χ4n) is 2.73. The molecule has 0 aliphatic carbocycles. The molecule has 0 saturated carbocycles. The predicted molar refractivity (Wildman–Crippen MR) is 97.1 cm³/mol. The molecule has 0 saturated heterocycles. The molecule has 1 aromatic carbocycles. The van der Waals surface area contributed by atoms with E-state index >= 15 is 0 Å². The number of rotatable bonds is 5. The molecule has 0 spiro atoms. The van der Waals surface area contributed by atoms with E-state index in [9.17, 15) is 9.59 Å². The molecule has 5 heteroatoms. The van der Waals surface area contributed by atoms with Gasteiger partial charge in [0.25, 0.3) is 0 Å². The van der Waals surface area contributed by atoms with Crippen LogP contribution in [0.3, 0.4) is 0 Å². The van der Waals surface area contributed by atoms with Crippen LogP contribution < -0.4 is 5.43 Å². The number of benzene rings is 1. The summed E-state index contributed by atoms with van der Waals surface area (Å²) in [5.41, 5.74) is 2.41. The Hall–Kier alpha value is -2.69. The summed E-state index contributed by atoms with van der Waals surface area (Å²) in [6, 6.07) is 7.10. The molecular formula is C20H21NO4. The molecule has 0 aliphatic heterocycles. The van der Waals surface area contributed by atoms with E-state index in [-0.39, 0.29) is 11.1 Å². The number of hydrogen-bond donors (Lipinski definition) is 0. The number of fused-ring (bicyclic) bond motifs is 2. The van der Waals surface area contributed by atoms with Crippen LogP contribution in [-0.2, 0) is 11.2 Å². The van der Waals surface area contributed by atoms with Crippen molar-refractivity contribution < 1.29 is 13.9 Å². The Morgan fingerprint density at radius 2 is 2.00 bits per heavy atom. The average molecular weight is 339 g/mol. The van der Waals surface area contributed by atoms with Crippen molar-refractivity contribution in [3.63, 3.8) is 0 Å². The van der Waals surface area contributed by atoms with Gasteiger partial charge in [-0.2, -0.15) is 0 Å². The number of aryl methyl sites for hydroxylation is 2. The summed E-state index contributed by atoms with van der Waals surface area (Å²) in [6.07, 6.45) is 2.57. The molecule has 0 fully saturated rings. The third-order valence-corrected chi connectivity index (χ3v) is 4.28. The second kappa shape index (κ2) is 7.05. The summed E-state index contributed by atoms with van der Waals surface area (Å²) in [5.74, 6) is -0.456. The second-order valence-electron chi connectivity index (χ2n) is 6.08. The summed E-state index contributed by atoms with van der Waals surface area (Å²) in [4.78, 5) is 29.4. The molecule has 25 heavy (non-hydrogen) atoms. The van der Waals surface area contributed by atoms with Crippen LogP contribution in [0.5, 0.6) is 0 Å². The lowest BCUT2D eigenvalue weighted by molar-refractivity contribution is 0.0498. The standard InChI is InChI=1S/C20H21NO4/c1-4-6-9-24-20(23)14-11-16-18(22)15-10-13(5-2)7-8-17(15)25-19(16)21-12(14)3/h7-8,10-11H,4-6,9H2,1-3H3. The largest absolute Gasteiger partial charge is 0.462 e. The minimum Gasteiger partial charge on any atom is -0.462 e. The van der Waals surface area contributed by atoms with E-state index in [1.54, 1.807) is 13.0 Å². The molecular weight excluding hydrogens is 318 g/mol. The molecule has 5 nitrogen and oxygen atoms in total. The van der Waals surface area contributed by atoms with Crippen molar-refractivity contribution in [3.8, 4) is 0 Å². The van der Waals surface area contributed by atoms with Crippen molar-refractivity contribution in [2.75, 3.05) is 6.61 Å². The Balaban J connectivity index is 2.14. The summed E-state index contributed by atoms with van der Waals surface area (Å²) in [7, 11) is 0. The second-order valence-corrected chi connectivity index (χ2v) is 6.08. The van der Waals surface area contributed by atoms with Gasteiger partial charge >= 0.3 is 5.97 Å². The number of pyridine rings is 1. The van der Waals surface area contributed by atoms with E-state index in [1.807, 2.05) is 26.0 Å². The van der Waals surface area contributed by atoms with Gasteiger partial charge in [-0.05, 0) is 43.5 Å². The number of aromatic nitrogens is 1. The zero-order chi connectivity index (χ0) is 18.0. The number of ether oxygens (including phenoxy) is 1. The average Bonchev–Trinajstić information content (AvgIpc) is 2.61. The van der Waals surface area contributed by atoms with Crippen molar-refractivity contribution in [1.82, 2.24) is 4.98 Å². The molecule has 0 N–H and O–H groups in total. The zero-order valence-corrected chi connectivity index (χ0v) is 14.7. The van der Waals surface area contributed by atoms with Crippen LogP contribution in [0.1, 0.15) is 48.3 Å². The van der Waals surface area contributed by atoms with Crippen LogP contribution in [0.25, 0.3) is 22.1 Å². The lowest BCUT2D eigenvalue weighted by atomic mass is 10.1. The first-order valence-corrected chi connectivity index (χ1v) is 8.59. The number of unbranched alkanes of at least 4 members (excludes halogenated alkanes) is 1. The Morgan fingerprint density at radius 1 is 1.20 bits per heavy atom. The number of hydrogen-bond acceptors (Lipinski definition) is 5. The normalized spacial score (nSPS) is 11.2. The highest BCUT2D eigenvalue weighted by molar-refractivity contribution is 5.96. The lowest BCUT2D eigenvalue weighted by Gasteiger charge is -2.08. The predicted octanol–water partition coefficient (Wildman–Crippen LogP) is 4.17. The van der Waals surface area contributed by atoms with Gasteiger partial charge < -0.3 is 9.15 Å². The van der Waals surface area contributed by atoms with Gasteiger partial charge in [0, 0.05) is 0 Å². The van der Waals surface area contributed by atoms with E-state index in [0.717, 1.165) is 24.8 Å². The minimum absolute atomic E-state index is 0.179. The Labute approximate surface area is 145 Å². The van der Waals surface area contributed by atoms with Gasteiger partial charge in [0.15, 0.2) is 0 Å². The molecule has 130 valence electrons. The molecule has 2 aromatic heterocycles. The summed E-state index contributed by atoms with van der Waals surface area (Å²) in [6.45, 7) is 6.12. The van der Waals surface area contributed by atoms with Crippen LogP contribution in [0.2, 0.25) is 0 Å². The van der Waals surface area contributed by atoms with Gasteiger partial charge in [-0.15, -0.1) is 0 Å². The first-order valence-electron chi connectivity index (χ1n) is 8.59. The van der Waals surface area contributed by atoms with Gasteiger partial charge in [-0.25, -0.2) is 9.78 Å². The van der Waals surface area contributed by atoms with Crippen LogP contribution in [0.4, 0.5) is 0 Å². The highest BCUT2D eigenvalue weighted by atomic mass is 16.5. The molecule has 0 radical (unpaired) electrons. The van der Waals surface area contributed by atoms with Crippen molar-refractivity contribution in [3.05, 3.63) is 51.3 Å². The van der Waals surface area contributed by atoms with Gasteiger partial charge in [-0.1, -0.05) is 26.3 Å². The maximum Gasteiger partial charge on any atom is 0.340 e. The molecule has 3 aromatic rings. The van der Waals surface area contributed by atoms with Crippen molar-refractivity contribution in [2.45, 2.75) is 40.0 Å². The van der Waals surface area contributed by atoms with Crippen molar-refractivity contribution in [2.24, 2.45) is 0 Å². The first kappa shape index (κ1) is 17.1. The number of nitrogens with zero attached hydrogens (tertiary/aromatic N) is 1. The lowest BCUT2D eigenvalue weighted by Crippen LogP contribution is -2.12. The highest BCUT2D eigenvalue weighted by Gasteiger charge is 2.17. The monoisotopic (exact) mass is 339 g/mol. The smallest absolute Gasteiger partial charge is 0.340 e. The van der Waals surface area contributed by atoms with Gasteiger partial charge in [0.1, 0.15) is 5.58 Å². The molecule has 0 bridgehead atoms. The number of carbonyl (C=O) groups excluding carboxylic acids is 1. The van der Waals surface area contributed by atoms with Crippen molar-refractivity contribution in [1.29, 1.82) is 0 Å². The van der Waals surface area contributed by atoms with E-state index in [2.05, 4.69) is 4.98 Å². The Kier molecular flexibility index (Phi) is 4.83. The molecule has 0 unspecified atom stereocenters. The fraction of sp³-hybridized carbons (Fsp3) is 0.350.